The Kier molecular flexibility index (Phi) is 4.94. The lowest BCUT2D eigenvalue weighted by Crippen LogP contribution is -2.29. The first-order chi connectivity index (χ1) is 7.81. The molecule has 1 atom stereocenters. The second-order valence-corrected chi connectivity index (χ2v) is 5.38. The second kappa shape index (κ2) is 5.82. The average molecular weight is 266 g/mol. The van der Waals surface area contributed by atoms with Crippen molar-refractivity contribution in [3.63, 3.8) is 0 Å². The molecule has 1 unspecified atom stereocenters. The molecular weight excluding hydrogens is 249 g/mol. The first-order valence-electron chi connectivity index (χ1n) is 5.48. The van der Waals surface area contributed by atoms with Gasteiger partial charge in [0.2, 0.25) is 0 Å². The number of aryl methyl sites for hydroxylation is 2. The smallest absolute Gasteiger partial charge is 0.317 e. The van der Waals surface area contributed by atoms with Crippen molar-refractivity contribution >= 4 is 11.3 Å². The maximum atomic E-state index is 12.1. The van der Waals surface area contributed by atoms with E-state index in [1.807, 2.05) is 13.8 Å². The molecule has 0 saturated heterocycles. The van der Waals surface area contributed by atoms with E-state index in [9.17, 15) is 13.2 Å². The van der Waals surface area contributed by atoms with E-state index in [4.69, 9.17) is 0 Å². The highest BCUT2D eigenvalue weighted by Crippen LogP contribution is 2.24. The largest absolute Gasteiger partial charge is 0.389 e. The van der Waals surface area contributed by atoms with Crippen LogP contribution in [0.1, 0.15) is 28.4 Å². The molecule has 0 aliphatic carbocycles. The standard InChI is InChI=1S/C11H17F3N2S/c1-7-8(2)17-10(16-7)6-9(15-3)4-5-11(12,13)14/h9,15H,4-6H2,1-3H3. The third-order valence-corrected chi connectivity index (χ3v) is 3.77. The number of rotatable bonds is 5. The van der Waals surface area contributed by atoms with Gasteiger partial charge in [0.1, 0.15) is 0 Å². The molecule has 1 rings (SSSR count). The van der Waals surface area contributed by atoms with Crippen LogP contribution in [0.2, 0.25) is 0 Å². The molecule has 1 aromatic heterocycles. The molecule has 17 heavy (non-hydrogen) atoms. The van der Waals surface area contributed by atoms with Crippen molar-refractivity contribution in [2.45, 2.75) is 45.3 Å². The molecule has 0 radical (unpaired) electrons. The molecule has 1 heterocycles. The maximum Gasteiger partial charge on any atom is 0.389 e. The maximum absolute atomic E-state index is 12.1. The van der Waals surface area contributed by atoms with Crippen LogP contribution in [0.4, 0.5) is 13.2 Å². The van der Waals surface area contributed by atoms with Gasteiger partial charge in [-0.25, -0.2) is 4.98 Å². The van der Waals surface area contributed by atoms with Crippen LogP contribution in [0.15, 0.2) is 0 Å². The Morgan fingerprint density at radius 3 is 2.41 bits per heavy atom. The molecule has 1 N–H and O–H groups in total. The summed E-state index contributed by atoms with van der Waals surface area (Å²) in [6.45, 7) is 3.89. The fraction of sp³-hybridized carbons (Fsp3) is 0.727. The van der Waals surface area contributed by atoms with Crippen molar-refractivity contribution < 1.29 is 13.2 Å². The Labute approximate surface area is 103 Å². The monoisotopic (exact) mass is 266 g/mol. The number of thiazole rings is 1. The first-order valence-corrected chi connectivity index (χ1v) is 6.30. The third kappa shape index (κ3) is 5.04. The van der Waals surface area contributed by atoms with Crippen LogP contribution < -0.4 is 5.32 Å². The Hall–Kier alpha value is -0.620. The Morgan fingerprint density at radius 1 is 1.35 bits per heavy atom. The van der Waals surface area contributed by atoms with Crippen molar-refractivity contribution in [1.82, 2.24) is 10.3 Å². The highest BCUT2D eigenvalue weighted by Gasteiger charge is 2.28. The summed E-state index contributed by atoms with van der Waals surface area (Å²) in [7, 11) is 1.69. The summed E-state index contributed by atoms with van der Waals surface area (Å²) in [4.78, 5) is 5.47. The van der Waals surface area contributed by atoms with Crippen LogP contribution >= 0.6 is 11.3 Å². The molecule has 1 aromatic rings. The van der Waals surface area contributed by atoms with Gasteiger partial charge in [0, 0.05) is 23.8 Å². The summed E-state index contributed by atoms with van der Waals surface area (Å²) in [6.07, 6.45) is -4.17. The number of halogens is 3. The number of hydrogen-bond acceptors (Lipinski definition) is 3. The zero-order valence-electron chi connectivity index (χ0n) is 10.2. The van der Waals surface area contributed by atoms with Gasteiger partial charge < -0.3 is 5.32 Å². The van der Waals surface area contributed by atoms with Crippen LogP contribution in [-0.2, 0) is 6.42 Å². The summed E-state index contributed by atoms with van der Waals surface area (Å²) in [5.74, 6) is 0. The molecule has 0 bridgehead atoms. The minimum absolute atomic E-state index is 0.0949. The van der Waals surface area contributed by atoms with Crippen LogP contribution in [0.25, 0.3) is 0 Å². The number of hydrogen-bond donors (Lipinski definition) is 1. The van der Waals surface area contributed by atoms with E-state index in [0.717, 1.165) is 15.6 Å². The van der Waals surface area contributed by atoms with Gasteiger partial charge >= 0.3 is 6.18 Å². The summed E-state index contributed by atoms with van der Waals surface area (Å²) < 4.78 is 36.4. The van der Waals surface area contributed by atoms with E-state index in [2.05, 4.69) is 10.3 Å². The fourth-order valence-corrected chi connectivity index (χ4v) is 2.54. The van der Waals surface area contributed by atoms with E-state index in [1.54, 1.807) is 18.4 Å². The minimum Gasteiger partial charge on any atom is -0.317 e. The molecule has 0 saturated carbocycles. The number of aromatic nitrogens is 1. The summed E-state index contributed by atoms with van der Waals surface area (Å²) in [5, 5.41) is 3.82. The van der Waals surface area contributed by atoms with Gasteiger partial charge in [-0.2, -0.15) is 13.2 Å². The highest BCUT2D eigenvalue weighted by atomic mass is 32.1. The van der Waals surface area contributed by atoms with Crippen molar-refractivity contribution in [2.75, 3.05) is 7.05 Å². The van der Waals surface area contributed by atoms with Crippen molar-refractivity contribution in [2.24, 2.45) is 0 Å². The van der Waals surface area contributed by atoms with Crippen LogP contribution in [0, 0.1) is 13.8 Å². The average Bonchev–Trinajstić information content (AvgIpc) is 2.51. The first kappa shape index (κ1) is 14.4. The Balaban J connectivity index is 2.52. The van der Waals surface area contributed by atoms with E-state index >= 15 is 0 Å². The van der Waals surface area contributed by atoms with Gasteiger partial charge in [0.25, 0.3) is 0 Å². The van der Waals surface area contributed by atoms with Gasteiger partial charge in [-0.05, 0) is 27.3 Å². The fourth-order valence-electron chi connectivity index (χ4n) is 1.52. The molecule has 2 nitrogen and oxygen atoms in total. The zero-order chi connectivity index (χ0) is 13.1. The van der Waals surface area contributed by atoms with E-state index in [-0.39, 0.29) is 12.5 Å². The summed E-state index contributed by atoms with van der Waals surface area (Å²) >= 11 is 1.56. The van der Waals surface area contributed by atoms with Gasteiger partial charge in [-0.15, -0.1) is 11.3 Å². The van der Waals surface area contributed by atoms with Crippen LogP contribution in [0.3, 0.4) is 0 Å². The molecule has 0 fully saturated rings. The topological polar surface area (TPSA) is 24.9 Å². The normalized spacial score (nSPS) is 14.0. The lowest BCUT2D eigenvalue weighted by atomic mass is 10.1. The van der Waals surface area contributed by atoms with Gasteiger partial charge in [-0.3, -0.25) is 0 Å². The number of nitrogens with zero attached hydrogens (tertiary/aromatic N) is 1. The van der Waals surface area contributed by atoms with Crippen molar-refractivity contribution in [1.29, 1.82) is 0 Å². The zero-order valence-corrected chi connectivity index (χ0v) is 11.0. The molecular formula is C11H17F3N2S. The number of alkyl halides is 3. The van der Waals surface area contributed by atoms with Gasteiger partial charge in [-0.1, -0.05) is 0 Å². The summed E-state index contributed by atoms with van der Waals surface area (Å²) in [6, 6.07) is -0.165. The molecule has 0 aliphatic heterocycles. The number of nitrogens with one attached hydrogen (secondary N) is 1. The van der Waals surface area contributed by atoms with Crippen molar-refractivity contribution in [3.8, 4) is 0 Å². The van der Waals surface area contributed by atoms with Gasteiger partial charge in [0.15, 0.2) is 0 Å². The Morgan fingerprint density at radius 2 is 2.00 bits per heavy atom. The minimum atomic E-state index is -4.08. The molecule has 0 aromatic carbocycles. The third-order valence-electron chi connectivity index (χ3n) is 2.68. The molecule has 98 valence electrons. The molecule has 0 spiro atoms. The van der Waals surface area contributed by atoms with Crippen LogP contribution in [0.5, 0.6) is 0 Å². The van der Waals surface area contributed by atoms with Gasteiger partial charge in [0.05, 0.1) is 10.7 Å². The van der Waals surface area contributed by atoms with Crippen molar-refractivity contribution in [3.05, 3.63) is 15.6 Å². The second-order valence-electron chi connectivity index (χ2n) is 4.09. The molecule has 0 amide bonds. The highest BCUT2D eigenvalue weighted by molar-refractivity contribution is 7.11. The summed E-state index contributed by atoms with van der Waals surface area (Å²) in [5.41, 5.74) is 0.968. The molecule has 0 aliphatic rings. The molecule has 6 heteroatoms. The van der Waals surface area contributed by atoms with E-state index < -0.39 is 12.6 Å². The van der Waals surface area contributed by atoms with E-state index in [1.165, 1.54) is 0 Å². The van der Waals surface area contributed by atoms with Crippen LogP contribution in [-0.4, -0.2) is 24.2 Å². The predicted molar refractivity (Wildman–Crippen MR) is 63.4 cm³/mol. The predicted octanol–water partition coefficient (Wildman–Crippen LogP) is 3.23. The quantitative estimate of drug-likeness (QED) is 0.885. The Bertz CT molecular complexity index is 341. The lowest BCUT2D eigenvalue weighted by molar-refractivity contribution is -0.136. The number of likely N-dealkylation sites (N-methyl/N-ethyl adjacent to an activating group) is 1. The lowest BCUT2D eigenvalue weighted by Gasteiger charge is -2.15. The SMILES string of the molecule is CNC(CCC(F)(F)F)Cc1nc(C)c(C)s1. The van der Waals surface area contributed by atoms with E-state index in [0.29, 0.717) is 6.42 Å².